The Morgan fingerprint density at radius 3 is 2.85 bits per heavy atom. The van der Waals surface area contributed by atoms with Gasteiger partial charge in [0.2, 0.25) is 10.0 Å². The highest BCUT2D eigenvalue weighted by atomic mass is 32.2. The van der Waals surface area contributed by atoms with Crippen LogP contribution in [0, 0.1) is 0 Å². The van der Waals surface area contributed by atoms with Gasteiger partial charge in [0.1, 0.15) is 0 Å². The second-order valence-electron chi connectivity index (χ2n) is 5.33. The maximum absolute atomic E-state index is 12.6. The third kappa shape index (κ3) is 3.33. The van der Waals surface area contributed by atoms with E-state index in [0.717, 1.165) is 49.9 Å². The fourth-order valence-electron chi connectivity index (χ4n) is 2.71. The van der Waals surface area contributed by atoms with Crippen LogP contribution in [-0.2, 0) is 16.4 Å². The fraction of sp³-hybridized carbons (Fsp3) is 0.600. The van der Waals surface area contributed by atoms with Crippen molar-refractivity contribution in [3.8, 4) is 0 Å². The summed E-state index contributed by atoms with van der Waals surface area (Å²) in [6.45, 7) is 5.01. The van der Waals surface area contributed by atoms with Gasteiger partial charge in [-0.15, -0.1) is 0 Å². The van der Waals surface area contributed by atoms with Crippen LogP contribution in [0.15, 0.2) is 23.1 Å². The normalized spacial score (nSPS) is 16.3. The smallest absolute Gasteiger partial charge is 0.241 e. The molecule has 112 valence electrons. The lowest BCUT2D eigenvalue weighted by Gasteiger charge is -2.22. The summed E-state index contributed by atoms with van der Waals surface area (Å²) in [5, 5.41) is 3.28. The first kappa shape index (κ1) is 15.3. The zero-order chi connectivity index (χ0) is 14.6. The SMILES string of the molecule is CCCC(CC)NS(=O)(=O)c1cccc2c1CCCN2. The Hall–Kier alpha value is -1.07. The predicted molar refractivity (Wildman–Crippen MR) is 82.6 cm³/mol. The highest BCUT2D eigenvalue weighted by molar-refractivity contribution is 7.89. The largest absolute Gasteiger partial charge is 0.385 e. The second kappa shape index (κ2) is 6.59. The van der Waals surface area contributed by atoms with Crippen molar-refractivity contribution in [1.82, 2.24) is 4.72 Å². The molecule has 1 aromatic rings. The molecule has 0 fully saturated rings. The summed E-state index contributed by atoms with van der Waals surface area (Å²) in [7, 11) is -3.43. The van der Waals surface area contributed by atoms with Crippen molar-refractivity contribution in [2.45, 2.75) is 56.9 Å². The first-order valence-electron chi connectivity index (χ1n) is 7.46. The molecule has 0 radical (unpaired) electrons. The highest BCUT2D eigenvalue weighted by Crippen LogP contribution is 2.28. The Bertz CT molecular complexity index is 555. The maximum Gasteiger partial charge on any atom is 0.241 e. The molecule has 2 rings (SSSR count). The lowest BCUT2D eigenvalue weighted by atomic mass is 10.0. The number of anilines is 1. The Morgan fingerprint density at radius 2 is 2.15 bits per heavy atom. The number of hydrogen-bond donors (Lipinski definition) is 2. The van der Waals surface area contributed by atoms with Gasteiger partial charge in [-0.25, -0.2) is 13.1 Å². The number of sulfonamides is 1. The van der Waals surface area contributed by atoms with Gasteiger partial charge in [0, 0.05) is 18.3 Å². The molecule has 1 aromatic carbocycles. The molecule has 2 N–H and O–H groups in total. The number of rotatable bonds is 6. The van der Waals surface area contributed by atoms with E-state index in [9.17, 15) is 8.42 Å². The molecule has 1 atom stereocenters. The fourth-order valence-corrected chi connectivity index (χ4v) is 4.35. The van der Waals surface area contributed by atoms with Crippen LogP contribution in [0.3, 0.4) is 0 Å². The van der Waals surface area contributed by atoms with Crippen LogP contribution < -0.4 is 10.0 Å². The molecule has 0 saturated carbocycles. The van der Waals surface area contributed by atoms with E-state index in [1.165, 1.54) is 0 Å². The minimum absolute atomic E-state index is 0.0254. The second-order valence-corrected chi connectivity index (χ2v) is 7.01. The third-order valence-corrected chi connectivity index (χ3v) is 5.40. The van der Waals surface area contributed by atoms with Crippen LogP contribution in [-0.4, -0.2) is 21.0 Å². The summed E-state index contributed by atoms with van der Waals surface area (Å²) in [6, 6.07) is 5.51. The van der Waals surface area contributed by atoms with Crippen molar-refractivity contribution in [1.29, 1.82) is 0 Å². The molecule has 1 aliphatic heterocycles. The first-order chi connectivity index (χ1) is 9.58. The monoisotopic (exact) mass is 296 g/mol. The minimum atomic E-state index is -3.43. The summed E-state index contributed by atoms with van der Waals surface area (Å²) in [5.41, 5.74) is 1.89. The summed E-state index contributed by atoms with van der Waals surface area (Å²) in [5.74, 6) is 0. The van der Waals surface area contributed by atoms with Crippen LogP contribution >= 0.6 is 0 Å². The number of benzene rings is 1. The quantitative estimate of drug-likeness (QED) is 0.848. The predicted octanol–water partition coefficient (Wildman–Crippen LogP) is 2.90. The first-order valence-corrected chi connectivity index (χ1v) is 8.95. The Morgan fingerprint density at radius 1 is 1.35 bits per heavy atom. The van der Waals surface area contributed by atoms with Gasteiger partial charge in [0.05, 0.1) is 4.90 Å². The van der Waals surface area contributed by atoms with Gasteiger partial charge in [0.25, 0.3) is 0 Å². The average molecular weight is 296 g/mol. The lowest BCUT2D eigenvalue weighted by Crippen LogP contribution is -2.35. The minimum Gasteiger partial charge on any atom is -0.385 e. The zero-order valence-electron chi connectivity index (χ0n) is 12.3. The van der Waals surface area contributed by atoms with E-state index in [1.807, 2.05) is 19.1 Å². The van der Waals surface area contributed by atoms with Crippen molar-refractivity contribution in [2.24, 2.45) is 0 Å². The summed E-state index contributed by atoms with van der Waals surface area (Å²) in [6.07, 6.45) is 4.48. The van der Waals surface area contributed by atoms with Crippen LogP contribution in [0.5, 0.6) is 0 Å². The Kier molecular flexibility index (Phi) is 5.05. The van der Waals surface area contributed by atoms with Crippen molar-refractivity contribution in [2.75, 3.05) is 11.9 Å². The Labute approximate surface area is 122 Å². The van der Waals surface area contributed by atoms with Crippen molar-refractivity contribution in [3.05, 3.63) is 23.8 Å². The molecule has 0 amide bonds. The van der Waals surface area contributed by atoms with Gasteiger partial charge in [-0.1, -0.05) is 26.3 Å². The summed E-state index contributed by atoms with van der Waals surface area (Å²) in [4.78, 5) is 0.441. The van der Waals surface area contributed by atoms with Gasteiger partial charge in [-0.05, 0) is 43.4 Å². The van der Waals surface area contributed by atoms with E-state index >= 15 is 0 Å². The molecule has 1 aliphatic rings. The number of fused-ring (bicyclic) bond motifs is 1. The molecule has 1 heterocycles. The van der Waals surface area contributed by atoms with E-state index in [1.54, 1.807) is 6.07 Å². The molecular weight excluding hydrogens is 272 g/mol. The van der Waals surface area contributed by atoms with Gasteiger partial charge in [-0.3, -0.25) is 0 Å². The van der Waals surface area contributed by atoms with E-state index in [2.05, 4.69) is 17.0 Å². The molecule has 0 saturated heterocycles. The van der Waals surface area contributed by atoms with Gasteiger partial charge in [0.15, 0.2) is 0 Å². The summed E-state index contributed by atoms with van der Waals surface area (Å²) >= 11 is 0. The Balaban J connectivity index is 2.30. The topological polar surface area (TPSA) is 58.2 Å². The molecule has 0 aliphatic carbocycles. The zero-order valence-corrected chi connectivity index (χ0v) is 13.1. The molecule has 5 heteroatoms. The van der Waals surface area contributed by atoms with E-state index < -0.39 is 10.0 Å². The van der Waals surface area contributed by atoms with E-state index in [4.69, 9.17) is 0 Å². The maximum atomic E-state index is 12.6. The molecule has 0 bridgehead atoms. The molecular formula is C15H24N2O2S. The van der Waals surface area contributed by atoms with Gasteiger partial charge in [-0.2, -0.15) is 0 Å². The van der Waals surface area contributed by atoms with Crippen molar-refractivity contribution >= 4 is 15.7 Å². The van der Waals surface area contributed by atoms with Gasteiger partial charge >= 0.3 is 0 Å². The molecule has 0 spiro atoms. The molecule has 4 nitrogen and oxygen atoms in total. The average Bonchev–Trinajstić information content (AvgIpc) is 2.46. The van der Waals surface area contributed by atoms with E-state index in [-0.39, 0.29) is 6.04 Å². The van der Waals surface area contributed by atoms with E-state index in [0.29, 0.717) is 4.90 Å². The molecule has 20 heavy (non-hydrogen) atoms. The van der Waals surface area contributed by atoms with Crippen LogP contribution in [0.1, 0.15) is 45.1 Å². The lowest BCUT2D eigenvalue weighted by molar-refractivity contribution is 0.511. The molecule has 1 unspecified atom stereocenters. The van der Waals surface area contributed by atoms with Crippen molar-refractivity contribution in [3.63, 3.8) is 0 Å². The van der Waals surface area contributed by atoms with Crippen molar-refractivity contribution < 1.29 is 8.42 Å². The van der Waals surface area contributed by atoms with Gasteiger partial charge < -0.3 is 5.32 Å². The van der Waals surface area contributed by atoms with Crippen LogP contribution in [0.4, 0.5) is 5.69 Å². The highest BCUT2D eigenvalue weighted by Gasteiger charge is 2.24. The standard InChI is InChI=1S/C15H24N2O2S/c1-3-7-12(4-2)17-20(18,19)15-10-5-9-14-13(15)8-6-11-16-14/h5,9-10,12,16-17H,3-4,6-8,11H2,1-2H3. The van der Waals surface area contributed by atoms with Crippen LogP contribution in [0.25, 0.3) is 0 Å². The summed E-state index contributed by atoms with van der Waals surface area (Å²) < 4.78 is 28.1. The number of hydrogen-bond acceptors (Lipinski definition) is 3. The number of nitrogens with one attached hydrogen (secondary N) is 2. The molecule has 0 aromatic heterocycles. The van der Waals surface area contributed by atoms with Crippen LogP contribution in [0.2, 0.25) is 0 Å². The third-order valence-electron chi connectivity index (χ3n) is 3.79.